The van der Waals surface area contributed by atoms with Gasteiger partial charge in [0.05, 0.1) is 23.3 Å². The summed E-state index contributed by atoms with van der Waals surface area (Å²) >= 11 is 0. The number of para-hydroxylation sites is 1. The second kappa shape index (κ2) is 9.58. The average molecular weight is 453 g/mol. The van der Waals surface area contributed by atoms with Crippen LogP contribution in [0.1, 0.15) is 30.0 Å². The second-order valence-electron chi connectivity index (χ2n) is 8.59. The number of urea groups is 1. The molecular formula is C24H29FN6O2. The Morgan fingerprint density at radius 1 is 1.09 bits per heavy atom. The summed E-state index contributed by atoms with van der Waals surface area (Å²) < 4.78 is 15.8. The maximum absolute atomic E-state index is 13.8. The molecule has 1 aliphatic heterocycles. The molecule has 1 aromatic heterocycles. The van der Waals surface area contributed by atoms with E-state index < -0.39 is 5.82 Å². The van der Waals surface area contributed by atoms with E-state index in [2.05, 4.69) is 15.5 Å². The van der Waals surface area contributed by atoms with Crippen molar-refractivity contribution in [1.29, 1.82) is 0 Å². The molecule has 2 N–H and O–H groups in total. The third kappa shape index (κ3) is 5.14. The number of fused-ring (bicyclic) bond motifs is 1. The molecule has 33 heavy (non-hydrogen) atoms. The summed E-state index contributed by atoms with van der Waals surface area (Å²) in [5, 5.41) is 5.54. The first kappa shape index (κ1) is 22.7. The van der Waals surface area contributed by atoms with Crippen LogP contribution in [0.4, 0.5) is 14.9 Å². The lowest BCUT2D eigenvalue weighted by Crippen LogP contribution is -2.49. The third-order valence-electron chi connectivity index (χ3n) is 5.80. The van der Waals surface area contributed by atoms with Gasteiger partial charge in [0.1, 0.15) is 11.6 Å². The van der Waals surface area contributed by atoms with E-state index in [1.54, 1.807) is 23.1 Å². The van der Waals surface area contributed by atoms with Crippen LogP contribution in [-0.4, -0.2) is 63.5 Å². The lowest BCUT2D eigenvalue weighted by molar-refractivity contribution is 0.0943. The third-order valence-corrected chi connectivity index (χ3v) is 5.80. The van der Waals surface area contributed by atoms with Crippen molar-refractivity contribution in [3.05, 3.63) is 59.7 Å². The van der Waals surface area contributed by atoms with Crippen LogP contribution in [0.5, 0.6) is 0 Å². The summed E-state index contributed by atoms with van der Waals surface area (Å²) in [5.74, 6) is 0.343. The first-order chi connectivity index (χ1) is 15.8. The van der Waals surface area contributed by atoms with Crippen molar-refractivity contribution >= 4 is 28.7 Å². The Hall–Kier alpha value is -3.46. The van der Waals surface area contributed by atoms with Gasteiger partial charge in [0.2, 0.25) is 0 Å². The molecule has 1 fully saturated rings. The van der Waals surface area contributed by atoms with Crippen LogP contribution in [-0.2, 0) is 13.6 Å². The highest BCUT2D eigenvalue weighted by Crippen LogP contribution is 2.19. The van der Waals surface area contributed by atoms with Crippen molar-refractivity contribution in [3.63, 3.8) is 0 Å². The van der Waals surface area contributed by atoms with Crippen molar-refractivity contribution in [3.8, 4) is 0 Å². The molecule has 0 spiro atoms. The normalized spacial score (nSPS) is 14.6. The van der Waals surface area contributed by atoms with Crippen molar-refractivity contribution in [1.82, 2.24) is 24.7 Å². The Bertz CT molecular complexity index is 1170. The minimum Gasteiger partial charge on any atom is -0.350 e. The van der Waals surface area contributed by atoms with E-state index in [0.717, 1.165) is 16.9 Å². The summed E-state index contributed by atoms with van der Waals surface area (Å²) in [6.07, 6.45) is 0. The number of nitrogens with zero attached hydrogens (tertiary/aromatic N) is 4. The molecule has 0 unspecified atom stereocenters. The van der Waals surface area contributed by atoms with Crippen LogP contribution in [0, 0.1) is 5.82 Å². The smallest absolute Gasteiger partial charge is 0.322 e. The number of imidazole rings is 1. The highest BCUT2D eigenvalue weighted by molar-refractivity contribution is 5.97. The van der Waals surface area contributed by atoms with Gasteiger partial charge in [-0.05, 0) is 44.2 Å². The first-order valence-electron chi connectivity index (χ1n) is 11.1. The number of hydrogen-bond donors (Lipinski definition) is 2. The van der Waals surface area contributed by atoms with E-state index >= 15 is 0 Å². The van der Waals surface area contributed by atoms with Gasteiger partial charge in [-0.3, -0.25) is 9.69 Å². The Balaban J connectivity index is 1.37. The molecule has 1 aliphatic rings. The van der Waals surface area contributed by atoms with Crippen molar-refractivity contribution in [2.75, 3.05) is 31.5 Å². The fraction of sp³-hybridized carbons (Fsp3) is 0.375. The number of piperazine rings is 1. The summed E-state index contributed by atoms with van der Waals surface area (Å²) in [4.78, 5) is 33.5. The van der Waals surface area contributed by atoms with Gasteiger partial charge in [0, 0.05) is 44.8 Å². The Morgan fingerprint density at radius 2 is 1.82 bits per heavy atom. The maximum Gasteiger partial charge on any atom is 0.322 e. The summed E-state index contributed by atoms with van der Waals surface area (Å²) in [5.41, 5.74) is 2.53. The number of aromatic nitrogens is 2. The molecule has 4 rings (SSSR count). The van der Waals surface area contributed by atoms with Crippen molar-refractivity contribution < 1.29 is 14.0 Å². The summed E-state index contributed by atoms with van der Waals surface area (Å²) in [6, 6.07) is 11.5. The number of halogens is 1. The standard InChI is InChI=1S/C24H29FN6O2/c1-16(2)26-23(32)17-8-9-21-20(14-17)27-22(29(21)3)15-30-10-12-31(13-11-30)24(33)28-19-7-5-4-6-18(19)25/h4-9,14,16H,10-13,15H2,1-3H3,(H,26,32)(H,28,33). The predicted octanol–water partition coefficient (Wildman–Crippen LogP) is 3.20. The average Bonchev–Trinajstić information content (AvgIpc) is 3.10. The molecule has 3 aromatic rings. The van der Waals surface area contributed by atoms with Gasteiger partial charge < -0.3 is 20.1 Å². The van der Waals surface area contributed by atoms with Gasteiger partial charge in [-0.15, -0.1) is 0 Å². The largest absolute Gasteiger partial charge is 0.350 e. The van der Waals surface area contributed by atoms with Crippen LogP contribution < -0.4 is 10.6 Å². The van der Waals surface area contributed by atoms with Crippen LogP contribution in [0.15, 0.2) is 42.5 Å². The fourth-order valence-electron chi connectivity index (χ4n) is 3.94. The van der Waals surface area contributed by atoms with E-state index in [0.29, 0.717) is 38.3 Å². The number of amides is 3. The predicted molar refractivity (Wildman–Crippen MR) is 126 cm³/mol. The number of hydrogen-bond acceptors (Lipinski definition) is 4. The number of aryl methyl sites for hydroxylation is 1. The molecule has 0 aliphatic carbocycles. The lowest BCUT2D eigenvalue weighted by atomic mass is 10.2. The monoisotopic (exact) mass is 452 g/mol. The van der Waals surface area contributed by atoms with E-state index in [1.807, 2.05) is 43.7 Å². The number of benzene rings is 2. The van der Waals surface area contributed by atoms with E-state index in [-0.39, 0.29) is 23.7 Å². The van der Waals surface area contributed by atoms with Crippen LogP contribution in [0.3, 0.4) is 0 Å². The quantitative estimate of drug-likeness (QED) is 0.623. The molecule has 1 saturated heterocycles. The zero-order chi connectivity index (χ0) is 23.5. The fourth-order valence-corrected chi connectivity index (χ4v) is 3.94. The zero-order valence-electron chi connectivity index (χ0n) is 19.1. The van der Waals surface area contributed by atoms with Gasteiger partial charge in [0.15, 0.2) is 0 Å². The Labute approximate surface area is 192 Å². The van der Waals surface area contributed by atoms with Crippen molar-refractivity contribution in [2.24, 2.45) is 7.05 Å². The maximum atomic E-state index is 13.8. The molecule has 9 heteroatoms. The summed E-state index contributed by atoms with van der Waals surface area (Å²) in [7, 11) is 1.97. The van der Waals surface area contributed by atoms with Crippen molar-refractivity contribution in [2.45, 2.75) is 26.4 Å². The van der Waals surface area contributed by atoms with E-state index in [9.17, 15) is 14.0 Å². The van der Waals surface area contributed by atoms with Crippen LogP contribution >= 0.6 is 0 Å². The van der Waals surface area contributed by atoms with E-state index in [4.69, 9.17) is 4.98 Å². The number of carbonyl (C=O) groups is 2. The molecular weight excluding hydrogens is 423 g/mol. The van der Waals surface area contributed by atoms with Gasteiger partial charge >= 0.3 is 6.03 Å². The topological polar surface area (TPSA) is 82.5 Å². The number of nitrogens with one attached hydrogen (secondary N) is 2. The van der Waals surface area contributed by atoms with Crippen LogP contribution in [0.25, 0.3) is 11.0 Å². The number of rotatable bonds is 5. The molecule has 0 bridgehead atoms. The molecule has 0 atom stereocenters. The molecule has 0 saturated carbocycles. The minimum absolute atomic E-state index is 0.0694. The summed E-state index contributed by atoms with van der Waals surface area (Å²) in [6.45, 7) is 6.97. The Kier molecular flexibility index (Phi) is 6.60. The first-order valence-corrected chi connectivity index (χ1v) is 11.1. The van der Waals surface area contributed by atoms with Gasteiger partial charge in [0.25, 0.3) is 5.91 Å². The van der Waals surface area contributed by atoms with E-state index in [1.165, 1.54) is 6.07 Å². The zero-order valence-corrected chi connectivity index (χ0v) is 19.1. The molecule has 174 valence electrons. The Morgan fingerprint density at radius 3 is 2.52 bits per heavy atom. The highest BCUT2D eigenvalue weighted by atomic mass is 19.1. The lowest BCUT2D eigenvalue weighted by Gasteiger charge is -2.34. The highest BCUT2D eigenvalue weighted by Gasteiger charge is 2.23. The molecule has 2 heterocycles. The minimum atomic E-state index is -0.448. The number of carbonyl (C=O) groups excluding carboxylic acids is 2. The molecule has 2 aromatic carbocycles. The SMILES string of the molecule is CC(C)NC(=O)c1ccc2c(c1)nc(CN1CCN(C(=O)Nc3ccccc3F)CC1)n2C. The van der Waals surface area contributed by atoms with Gasteiger partial charge in [-0.2, -0.15) is 0 Å². The molecule has 3 amide bonds. The molecule has 0 radical (unpaired) electrons. The number of anilines is 1. The molecule has 8 nitrogen and oxygen atoms in total. The van der Waals surface area contributed by atoms with Crippen LogP contribution in [0.2, 0.25) is 0 Å². The second-order valence-corrected chi connectivity index (χ2v) is 8.59. The van der Waals surface area contributed by atoms with Gasteiger partial charge in [-0.1, -0.05) is 12.1 Å². The van der Waals surface area contributed by atoms with Gasteiger partial charge in [-0.25, -0.2) is 14.2 Å².